The van der Waals surface area contributed by atoms with Gasteiger partial charge < -0.3 is 0 Å². The first kappa shape index (κ1) is 24.7. The lowest BCUT2D eigenvalue weighted by atomic mass is 9.95. The highest BCUT2D eigenvalue weighted by Crippen LogP contribution is 2.17. The number of unbranched alkanes of at least 4 members (excludes halogenated alkanes) is 1. The summed E-state index contributed by atoms with van der Waals surface area (Å²) >= 11 is 0. The molecular formula is C20H44. The minimum absolute atomic E-state index is 0.880. The minimum atomic E-state index is 0.880. The Morgan fingerprint density at radius 3 is 1.60 bits per heavy atom. The van der Waals surface area contributed by atoms with Crippen LogP contribution in [0.5, 0.6) is 0 Å². The van der Waals surface area contributed by atoms with Crippen LogP contribution >= 0.6 is 0 Å². The summed E-state index contributed by atoms with van der Waals surface area (Å²) in [5.74, 6) is 1.81. The molecule has 0 aliphatic rings. The van der Waals surface area contributed by atoms with Crippen molar-refractivity contribution in [1.29, 1.82) is 0 Å². The Morgan fingerprint density at radius 2 is 1.20 bits per heavy atom. The molecule has 0 spiro atoms. The van der Waals surface area contributed by atoms with Gasteiger partial charge in [-0.3, -0.25) is 0 Å². The van der Waals surface area contributed by atoms with Crippen molar-refractivity contribution in [2.45, 2.75) is 107 Å². The molecule has 0 fully saturated rings. The second-order valence-electron chi connectivity index (χ2n) is 6.34. The molecule has 124 valence electrons. The molecule has 0 N–H and O–H groups in total. The molecule has 0 aliphatic carbocycles. The third-order valence-electron chi connectivity index (χ3n) is 2.78. The molecule has 0 heterocycles. The maximum atomic E-state index is 2.40. The fourth-order valence-electron chi connectivity index (χ4n) is 1.77. The molecule has 1 atom stereocenters. The minimum Gasteiger partial charge on any atom is -0.0917 e. The Morgan fingerprint density at radius 1 is 0.750 bits per heavy atom. The molecule has 0 saturated carbocycles. The van der Waals surface area contributed by atoms with Crippen LogP contribution in [0.3, 0.4) is 0 Å². The summed E-state index contributed by atoms with van der Waals surface area (Å²) in [6.07, 6.45) is 15.2. The highest BCUT2D eigenvalue weighted by atomic mass is 14.1. The molecule has 0 bridgehead atoms. The van der Waals surface area contributed by atoms with Gasteiger partial charge in [-0.05, 0) is 31.6 Å². The van der Waals surface area contributed by atoms with E-state index in [1.54, 1.807) is 0 Å². The molecule has 0 aromatic heterocycles. The molecule has 1 unspecified atom stereocenters. The molecule has 0 saturated heterocycles. The van der Waals surface area contributed by atoms with Crippen LogP contribution in [0.2, 0.25) is 0 Å². The van der Waals surface area contributed by atoms with Gasteiger partial charge in [-0.15, -0.1) is 0 Å². The van der Waals surface area contributed by atoms with Crippen LogP contribution in [-0.4, -0.2) is 0 Å². The number of allylic oxidation sites excluding steroid dienone is 2. The van der Waals surface area contributed by atoms with Crippen LogP contribution < -0.4 is 0 Å². The van der Waals surface area contributed by atoms with E-state index in [2.05, 4.69) is 67.5 Å². The van der Waals surface area contributed by atoms with Crippen molar-refractivity contribution in [3.63, 3.8) is 0 Å². The molecule has 0 aromatic rings. The fourth-order valence-corrected chi connectivity index (χ4v) is 1.77. The Labute approximate surface area is 131 Å². The van der Waals surface area contributed by atoms with Gasteiger partial charge in [-0.1, -0.05) is 99.1 Å². The van der Waals surface area contributed by atoms with Crippen LogP contribution in [0, 0.1) is 11.8 Å². The van der Waals surface area contributed by atoms with Crippen LogP contribution in [0.15, 0.2) is 12.2 Å². The van der Waals surface area contributed by atoms with Gasteiger partial charge in [0.1, 0.15) is 0 Å². The molecule has 0 aromatic carbocycles. The summed E-state index contributed by atoms with van der Waals surface area (Å²) in [4.78, 5) is 0. The number of hydrogen-bond acceptors (Lipinski definition) is 0. The standard InChI is InChI=1S/C14H28.2C3H8/c1-5-6-7-8-11-14(4)12-9-10-13(2)3;2*1-3-2/h5-6,13-14H,7-12H2,1-4H3;2*3H2,1-2H3/b6-5+;;. The maximum Gasteiger partial charge on any atom is -0.0351 e. The zero-order valence-corrected chi connectivity index (χ0v) is 16.0. The average molecular weight is 285 g/mol. The van der Waals surface area contributed by atoms with E-state index in [-0.39, 0.29) is 0 Å². The van der Waals surface area contributed by atoms with E-state index in [1.807, 2.05) is 0 Å². The number of hydrogen-bond donors (Lipinski definition) is 0. The van der Waals surface area contributed by atoms with E-state index in [1.165, 1.54) is 51.4 Å². The Balaban J connectivity index is -0.000000408. The van der Waals surface area contributed by atoms with E-state index in [0.29, 0.717) is 0 Å². The Hall–Kier alpha value is -0.260. The third kappa shape index (κ3) is 36.1. The van der Waals surface area contributed by atoms with Crippen molar-refractivity contribution >= 4 is 0 Å². The first-order chi connectivity index (χ1) is 9.49. The van der Waals surface area contributed by atoms with E-state index in [4.69, 9.17) is 0 Å². The van der Waals surface area contributed by atoms with Crippen molar-refractivity contribution in [3.05, 3.63) is 12.2 Å². The summed E-state index contributed by atoms with van der Waals surface area (Å²) < 4.78 is 0. The van der Waals surface area contributed by atoms with Crippen molar-refractivity contribution in [2.24, 2.45) is 11.8 Å². The fraction of sp³-hybridized carbons (Fsp3) is 0.900. The Bertz CT molecular complexity index is 153. The molecule has 20 heavy (non-hydrogen) atoms. The molecule has 0 rings (SSSR count). The van der Waals surface area contributed by atoms with E-state index in [9.17, 15) is 0 Å². The van der Waals surface area contributed by atoms with Gasteiger partial charge in [-0.25, -0.2) is 0 Å². The molecular weight excluding hydrogens is 240 g/mol. The predicted molar refractivity (Wildman–Crippen MR) is 98.4 cm³/mol. The maximum absolute atomic E-state index is 2.40. The first-order valence-corrected chi connectivity index (χ1v) is 9.10. The summed E-state index contributed by atoms with van der Waals surface area (Å²) in [7, 11) is 0. The second-order valence-corrected chi connectivity index (χ2v) is 6.34. The van der Waals surface area contributed by atoms with Crippen molar-refractivity contribution in [2.75, 3.05) is 0 Å². The summed E-state index contributed by atoms with van der Waals surface area (Å²) in [6.45, 7) is 17.6. The summed E-state index contributed by atoms with van der Waals surface area (Å²) in [5, 5.41) is 0. The van der Waals surface area contributed by atoms with Crippen LogP contribution in [0.1, 0.15) is 107 Å². The molecule has 0 amide bonds. The molecule has 0 nitrogen and oxygen atoms in total. The molecule has 0 heteroatoms. The highest BCUT2D eigenvalue weighted by Gasteiger charge is 2.02. The Kier molecular flexibility index (Phi) is 29.4. The van der Waals surface area contributed by atoms with Gasteiger partial charge >= 0.3 is 0 Å². The lowest BCUT2D eigenvalue weighted by molar-refractivity contribution is 0.428. The number of rotatable bonds is 8. The van der Waals surface area contributed by atoms with E-state index >= 15 is 0 Å². The van der Waals surface area contributed by atoms with Crippen LogP contribution in [-0.2, 0) is 0 Å². The zero-order chi connectivity index (χ0) is 16.2. The van der Waals surface area contributed by atoms with Gasteiger partial charge in [0.05, 0.1) is 0 Å². The van der Waals surface area contributed by atoms with Gasteiger partial charge in [0, 0.05) is 0 Å². The largest absolute Gasteiger partial charge is 0.0917 e. The van der Waals surface area contributed by atoms with Gasteiger partial charge in [-0.2, -0.15) is 0 Å². The quantitative estimate of drug-likeness (QED) is 0.312. The summed E-state index contributed by atoms with van der Waals surface area (Å²) in [5.41, 5.74) is 0. The van der Waals surface area contributed by atoms with Crippen LogP contribution in [0.4, 0.5) is 0 Å². The van der Waals surface area contributed by atoms with E-state index < -0.39 is 0 Å². The SMILES string of the molecule is C/C=C/CCCC(C)CCCC(C)C.CCC.CCC. The predicted octanol–water partition coefficient (Wildman–Crippen LogP) is 8.03. The lowest BCUT2D eigenvalue weighted by Crippen LogP contribution is -1.96. The average Bonchev–Trinajstić information content (AvgIpc) is 2.36. The monoisotopic (exact) mass is 284 g/mol. The smallest absolute Gasteiger partial charge is 0.0351 e. The van der Waals surface area contributed by atoms with Gasteiger partial charge in [0.25, 0.3) is 0 Å². The lowest BCUT2D eigenvalue weighted by Gasteiger charge is -2.11. The van der Waals surface area contributed by atoms with Crippen molar-refractivity contribution < 1.29 is 0 Å². The molecule has 0 radical (unpaired) electrons. The first-order valence-electron chi connectivity index (χ1n) is 9.10. The third-order valence-corrected chi connectivity index (χ3v) is 2.78. The van der Waals surface area contributed by atoms with Crippen molar-refractivity contribution in [3.8, 4) is 0 Å². The van der Waals surface area contributed by atoms with Crippen LogP contribution in [0.25, 0.3) is 0 Å². The van der Waals surface area contributed by atoms with Crippen molar-refractivity contribution in [1.82, 2.24) is 0 Å². The highest BCUT2D eigenvalue weighted by molar-refractivity contribution is 4.76. The van der Waals surface area contributed by atoms with E-state index in [0.717, 1.165) is 11.8 Å². The molecule has 0 aliphatic heterocycles. The van der Waals surface area contributed by atoms with Gasteiger partial charge in [0.15, 0.2) is 0 Å². The zero-order valence-electron chi connectivity index (χ0n) is 16.0. The normalized spacial score (nSPS) is 11.7. The van der Waals surface area contributed by atoms with Gasteiger partial charge in [0.2, 0.25) is 0 Å². The summed E-state index contributed by atoms with van der Waals surface area (Å²) in [6, 6.07) is 0. The second kappa shape index (κ2) is 23.8. The topological polar surface area (TPSA) is 0 Å².